The van der Waals surface area contributed by atoms with Crippen LogP contribution in [0.1, 0.15) is 32.9 Å². The smallest absolute Gasteiger partial charge is 0.165 e. The van der Waals surface area contributed by atoms with Crippen molar-refractivity contribution < 1.29 is 4.90 Å². The fraction of sp³-hybridized carbons (Fsp3) is 0.429. The Hall–Kier alpha value is -2.11. The Morgan fingerprint density at radius 1 is 1.15 bits per heavy atom. The fourth-order valence-corrected chi connectivity index (χ4v) is 3.09. The van der Waals surface area contributed by atoms with Crippen LogP contribution in [0.25, 0.3) is 16.8 Å². The number of nitrogens with zero attached hydrogens (tertiary/aromatic N) is 3. The largest absolute Gasteiger partial charge is 0.370 e. The summed E-state index contributed by atoms with van der Waals surface area (Å²) in [6.45, 7) is 8.59. The van der Waals surface area contributed by atoms with Crippen molar-refractivity contribution in [2.75, 3.05) is 32.5 Å². The summed E-state index contributed by atoms with van der Waals surface area (Å²) in [4.78, 5) is 6.40. The second kappa shape index (κ2) is 7.87. The molecule has 0 fully saturated rings. The number of quaternary nitrogens is 1. The van der Waals surface area contributed by atoms with Crippen LogP contribution in [0.3, 0.4) is 0 Å². The second-order valence-electron chi connectivity index (χ2n) is 8.31. The summed E-state index contributed by atoms with van der Waals surface area (Å²) in [5, 5.41) is 8.89. The molecule has 144 valence electrons. The summed E-state index contributed by atoms with van der Waals surface area (Å²) in [6.07, 6.45) is 2.98. The van der Waals surface area contributed by atoms with Gasteiger partial charge in [-0.3, -0.25) is 0 Å². The maximum atomic E-state index is 6.05. The molecule has 0 bridgehead atoms. The van der Waals surface area contributed by atoms with E-state index in [1.807, 2.05) is 35.0 Å². The van der Waals surface area contributed by atoms with Crippen molar-refractivity contribution in [3.8, 4) is 11.1 Å². The number of rotatable bonds is 6. The van der Waals surface area contributed by atoms with Gasteiger partial charge in [-0.25, -0.2) is 4.98 Å². The maximum absolute atomic E-state index is 6.05. The van der Waals surface area contributed by atoms with Crippen LogP contribution in [0, 0.1) is 0 Å². The molecule has 1 aromatic carbocycles. The summed E-state index contributed by atoms with van der Waals surface area (Å²) in [7, 11) is 4.35. The third-order valence-electron chi connectivity index (χ3n) is 4.56. The highest BCUT2D eigenvalue weighted by Gasteiger charge is 2.20. The van der Waals surface area contributed by atoms with Gasteiger partial charge in [-0.1, -0.05) is 44.5 Å². The molecule has 3 rings (SSSR count). The van der Waals surface area contributed by atoms with Gasteiger partial charge in [0.2, 0.25) is 0 Å². The van der Waals surface area contributed by atoms with Crippen molar-refractivity contribution >= 4 is 23.1 Å². The molecule has 6 heteroatoms. The SMILES string of the molecule is C[NH+](C)CCCNc1cc(C(C)(C)C)nc2c(-c3ccc(Cl)cc3)cnn12. The van der Waals surface area contributed by atoms with Crippen LogP contribution in [0.2, 0.25) is 5.02 Å². The molecular weight excluding hydrogens is 358 g/mol. The van der Waals surface area contributed by atoms with Gasteiger partial charge in [0.1, 0.15) is 5.82 Å². The van der Waals surface area contributed by atoms with Crippen molar-refractivity contribution in [2.45, 2.75) is 32.6 Å². The van der Waals surface area contributed by atoms with Gasteiger partial charge in [-0.2, -0.15) is 9.61 Å². The van der Waals surface area contributed by atoms with Gasteiger partial charge in [0.05, 0.1) is 32.5 Å². The zero-order chi connectivity index (χ0) is 19.6. The van der Waals surface area contributed by atoms with Crippen LogP contribution in [0.5, 0.6) is 0 Å². The van der Waals surface area contributed by atoms with Crippen molar-refractivity contribution in [1.29, 1.82) is 0 Å². The Morgan fingerprint density at radius 2 is 1.85 bits per heavy atom. The van der Waals surface area contributed by atoms with Crippen LogP contribution in [0.15, 0.2) is 36.5 Å². The third-order valence-corrected chi connectivity index (χ3v) is 4.81. The molecule has 0 unspecified atom stereocenters. The van der Waals surface area contributed by atoms with E-state index in [1.165, 1.54) is 4.90 Å². The van der Waals surface area contributed by atoms with Crippen LogP contribution in [-0.2, 0) is 5.41 Å². The van der Waals surface area contributed by atoms with Crippen LogP contribution < -0.4 is 10.2 Å². The lowest BCUT2D eigenvalue weighted by atomic mass is 9.92. The van der Waals surface area contributed by atoms with E-state index in [2.05, 4.69) is 51.3 Å². The number of benzene rings is 1. The molecule has 2 heterocycles. The van der Waals surface area contributed by atoms with E-state index < -0.39 is 0 Å². The molecule has 0 spiro atoms. The molecule has 0 atom stereocenters. The summed E-state index contributed by atoms with van der Waals surface area (Å²) < 4.78 is 1.90. The number of anilines is 1. The summed E-state index contributed by atoms with van der Waals surface area (Å²) in [5.41, 5.74) is 3.94. The number of aromatic nitrogens is 3. The molecule has 3 aromatic rings. The first-order valence-electron chi connectivity index (χ1n) is 9.44. The van der Waals surface area contributed by atoms with E-state index >= 15 is 0 Å². The van der Waals surface area contributed by atoms with Crippen molar-refractivity contribution in [2.24, 2.45) is 0 Å². The summed E-state index contributed by atoms with van der Waals surface area (Å²) in [5.74, 6) is 0.985. The van der Waals surface area contributed by atoms with Gasteiger partial charge in [0.25, 0.3) is 0 Å². The highest BCUT2D eigenvalue weighted by atomic mass is 35.5. The van der Waals surface area contributed by atoms with Crippen LogP contribution in [0.4, 0.5) is 5.82 Å². The average Bonchev–Trinajstić information content (AvgIpc) is 3.02. The zero-order valence-corrected chi connectivity index (χ0v) is 17.6. The van der Waals surface area contributed by atoms with E-state index in [1.54, 1.807) is 0 Å². The highest BCUT2D eigenvalue weighted by Crippen LogP contribution is 2.30. The predicted octanol–water partition coefficient (Wildman–Crippen LogP) is 3.29. The quantitative estimate of drug-likeness (QED) is 0.639. The molecule has 0 amide bonds. The second-order valence-corrected chi connectivity index (χ2v) is 8.75. The molecule has 0 saturated heterocycles. The monoisotopic (exact) mass is 386 g/mol. The van der Waals surface area contributed by atoms with Crippen LogP contribution in [-0.4, -0.2) is 41.8 Å². The minimum absolute atomic E-state index is 0.0481. The highest BCUT2D eigenvalue weighted by molar-refractivity contribution is 6.30. The number of hydrogen-bond acceptors (Lipinski definition) is 3. The van der Waals surface area contributed by atoms with E-state index in [0.717, 1.165) is 52.8 Å². The molecule has 0 radical (unpaired) electrons. The van der Waals surface area contributed by atoms with Gasteiger partial charge in [0.15, 0.2) is 5.65 Å². The van der Waals surface area contributed by atoms with E-state index in [-0.39, 0.29) is 5.41 Å². The van der Waals surface area contributed by atoms with Crippen molar-refractivity contribution in [1.82, 2.24) is 14.6 Å². The third kappa shape index (κ3) is 4.60. The van der Waals surface area contributed by atoms with Gasteiger partial charge in [-0.15, -0.1) is 0 Å². The van der Waals surface area contributed by atoms with Gasteiger partial charge >= 0.3 is 0 Å². The zero-order valence-electron chi connectivity index (χ0n) is 16.8. The number of halogens is 1. The number of fused-ring (bicyclic) bond motifs is 1. The summed E-state index contributed by atoms with van der Waals surface area (Å²) in [6, 6.07) is 9.94. The lowest BCUT2D eigenvalue weighted by Gasteiger charge is -2.20. The van der Waals surface area contributed by atoms with Crippen LogP contribution >= 0.6 is 11.6 Å². The van der Waals surface area contributed by atoms with Gasteiger partial charge in [0, 0.05) is 35.0 Å². The Balaban J connectivity index is 2.02. The van der Waals surface area contributed by atoms with Crippen molar-refractivity contribution in [3.63, 3.8) is 0 Å². The Bertz CT molecular complexity index is 907. The topological polar surface area (TPSA) is 46.7 Å². The predicted molar refractivity (Wildman–Crippen MR) is 113 cm³/mol. The minimum atomic E-state index is -0.0481. The average molecular weight is 387 g/mol. The number of nitrogens with one attached hydrogen (secondary N) is 2. The molecule has 2 N–H and O–H groups in total. The molecular formula is C21H29ClN5+. The molecule has 0 aliphatic heterocycles. The Labute approximate surface area is 166 Å². The molecule has 5 nitrogen and oxygen atoms in total. The fourth-order valence-electron chi connectivity index (χ4n) is 2.96. The standard InChI is InChI=1S/C21H28ClN5/c1-21(2,3)18-13-19(23-11-6-12-26(4)5)27-20(25-18)17(14-24-27)15-7-9-16(22)10-8-15/h7-10,13-14,23H,6,11-12H2,1-5H3/p+1. The summed E-state index contributed by atoms with van der Waals surface area (Å²) >= 11 is 6.05. The first kappa shape index (κ1) is 19.6. The van der Waals surface area contributed by atoms with E-state index in [0.29, 0.717) is 0 Å². The number of hydrogen-bond donors (Lipinski definition) is 2. The van der Waals surface area contributed by atoms with E-state index in [9.17, 15) is 0 Å². The lowest BCUT2D eigenvalue weighted by molar-refractivity contribution is -0.858. The Morgan fingerprint density at radius 3 is 2.48 bits per heavy atom. The van der Waals surface area contributed by atoms with Gasteiger partial charge < -0.3 is 10.2 Å². The lowest BCUT2D eigenvalue weighted by Crippen LogP contribution is -3.05. The minimum Gasteiger partial charge on any atom is -0.370 e. The molecule has 0 aliphatic rings. The normalized spacial score (nSPS) is 12.1. The van der Waals surface area contributed by atoms with Gasteiger partial charge in [-0.05, 0) is 17.7 Å². The molecule has 2 aromatic heterocycles. The molecule has 0 saturated carbocycles. The Kier molecular flexibility index (Phi) is 5.72. The van der Waals surface area contributed by atoms with Crippen molar-refractivity contribution in [3.05, 3.63) is 47.2 Å². The maximum Gasteiger partial charge on any atom is 0.165 e. The first-order chi connectivity index (χ1) is 12.8. The molecule has 0 aliphatic carbocycles. The van der Waals surface area contributed by atoms with E-state index in [4.69, 9.17) is 16.6 Å². The first-order valence-corrected chi connectivity index (χ1v) is 9.81. The molecule has 27 heavy (non-hydrogen) atoms.